The maximum atomic E-state index is 10.2. The Balaban J connectivity index is -0.000000125. The zero-order valence-electron chi connectivity index (χ0n) is 2.89. The molecule has 0 atom stereocenters. The van der Waals surface area contributed by atoms with Gasteiger partial charge < -0.3 is 9.79 Å². The van der Waals surface area contributed by atoms with Gasteiger partial charge in [-0.25, -0.2) is 4.57 Å². The Morgan fingerprint density at radius 1 is 1.50 bits per heavy atom. The van der Waals surface area contributed by atoms with Gasteiger partial charge in [-0.3, -0.25) is 0 Å². The van der Waals surface area contributed by atoms with Crippen LogP contribution in [0.5, 0.6) is 0 Å². The van der Waals surface area contributed by atoms with E-state index >= 15 is 0 Å². The van der Waals surface area contributed by atoms with E-state index in [1.807, 2.05) is 0 Å². The number of hydrogen-bond donors (Lipinski definition) is 2. The van der Waals surface area contributed by atoms with E-state index in [2.05, 4.69) is 4.73 Å². The van der Waals surface area contributed by atoms with Crippen molar-refractivity contribution < 1.29 is 40.7 Å². The third kappa shape index (κ3) is 15.8. The van der Waals surface area contributed by atoms with Crippen LogP contribution in [0.3, 0.4) is 0 Å². The summed E-state index contributed by atoms with van der Waals surface area (Å²) in [6, 6.07) is 0. The van der Waals surface area contributed by atoms with E-state index in [4.69, 9.17) is 14.4 Å². The predicted octanol–water partition coefficient (Wildman–Crippen LogP) is -0.671. The average Bonchev–Trinajstić information content (AvgIpc) is 1.35. The van der Waals surface area contributed by atoms with Crippen LogP contribution in [-0.2, 0) is 26.4 Å². The third-order valence-electron chi connectivity index (χ3n) is 0.0899. The molecule has 0 fully saturated rings. The van der Waals surface area contributed by atoms with E-state index in [0.29, 0.717) is 0 Å². The first-order valence-electron chi connectivity index (χ1n) is 0.919. The zero-order valence-corrected chi connectivity index (χ0v) is 4.89. The van der Waals surface area contributed by atoms with Crippen molar-refractivity contribution in [1.82, 2.24) is 0 Å². The van der Waals surface area contributed by atoms with Crippen LogP contribution in [0.25, 0.3) is 0 Å². The fraction of sp³-hybridized carbons (Fsp3) is 0. The van der Waals surface area contributed by atoms with Gasteiger partial charge in [0.05, 0.1) is 0 Å². The van der Waals surface area contributed by atoms with Crippen molar-refractivity contribution in [2.24, 2.45) is 0 Å². The largest absolute Gasteiger partial charge is 0 e. The summed E-state index contributed by atoms with van der Waals surface area (Å²) < 4.78 is 21.4. The van der Waals surface area contributed by atoms with E-state index in [9.17, 15) is 4.53 Å². The standard InChI is InChI=1S/Cs.FH2O4P.Fe.H/c;1-5-6(2,3)4;;/h;(H2,2,3,4);;. The van der Waals surface area contributed by atoms with Crippen LogP contribution in [-0.4, -0.2) is 78.7 Å². The van der Waals surface area contributed by atoms with E-state index in [1.165, 1.54) is 0 Å². The molecule has 0 unspecified atom stereocenters. The summed E-state index contributed by atoms with van der Waals surface area (Å²) in [5.74, 6) is 0. The Labute approximate surface area is 115 Å². The van der Waals surface area contributed by atoms with Gasteiger partial charge in [-0.05, 0) is 4.53 Å². The molecule has 0 spiro atoms. The Hall–Kier alpha value is 2.61. The molecule has 8 heteroatoms. The first-order valence-corrected chi connectivity index (χ1v) is 2.45. The molecule has 0 bridgehead atoms. The van der Waals surface area contributed by atoms with Gasteiger partial charge in [-0.15, -0.1) is 0 Å². The molecular weight excluding hydrogens is 303 g/mol. The molecule has 2 N–H and O–H groups in total. The Kier molecular flexibility index (Phi) is 16.3. The van der Waals surface area contributed by atoms with Gasteiger partial charge in [0, 0.05) is 17.1 Å². The summed E-state index contributed by atoms with van der Waals surface area (Å²) in [6.45, 7) is 0. The molecule has 0 heterocycles. The van der Waals surface area contributed by atoms with Crippen molar-refractivity contribution >= 4 is 76.7 Å². The van der Waals surface area contributed by atoms with E-state index < -0.39 is 7.82 Å². The molecule has 0 aromatic rings. The van der Waals surface area contributed by atoms with Crippen molar-refractivity contribution in [3.05, 3.63) is 0 Å². The number of hydrogen-bond acceptors (Lipinski definition) is 2. The normalized spacial score (nSPS) is 8.88. The quantitative estimate of drug-likeness (QED) is 0.498. The van der Waals surface area contributed by atoms with Gasteiger partial charge in [0.2, 0.25) is 0 Å². The number of phosphoric acid groups is 1. The summed E-state index contributed by atoms with van der Waals surface area (Å²) in [6.07, 6.45) is 0. The maximum absolute atomic E-state index is 10.2. The summed E-state index contributed by atoms with van der Waals surface area (Å²) in [4.78, 5) is 14.7. The summed E-state index contributed by atoms with van der Waals surface area (Å²) >= 11 is 0. The van der Waals surface area contributed by atoms with Crippen LogP contribution in [0, 0.1) is 0 Å². The van der Waals surface area contributed by atoms with Gasteiger partial charge >= 0.3 is 76.7 Å². The average molecular weight is 306 g/mol. The van der Waals surface area contributed by atoms with E-state index in [0.717, 1.165) is 0 Å². The monoisotopic (exact) mass is 306 g/mol. The van der Waals surface area contributed by atoms with Crippen LogP contribution in [0.2, 0.25) is 0 Å². The SMILES string of the molecule is O=P(O)(O)OF.[CsH].[Fe]. The molecular formula is H3CsFFeO4P. The minimum atomic E-state index is -4.81. The molecule has 0 aliphatic carbocycles. The van der Waals surface area contributed by atoms with Crippen LogP contribution in [0.4, 0.5) is 4.53 Å². The van der Waals surface area contributed by atoms with Gasteiger partial charge in [0.1, 0.15) is 0 Å². The van der Waals surface area contributed by atoms with Gasteiger partial charge in [0.25, 0.3) is 0 Å². The number of rotatable bonds is 1. The smallest absolute Gasteiger partial charge is 0 e. The molecule has 0 aliphatic heterocycles. The third-order valence-corrected chi connectivity index (χ3v) is 0.270. The second-order valence-corrected chi connectivity index (χ2v) is 1.68. The maximum Gasteiger partial charge on any atom is 0 e. The summed E-state index contributed by atoms with van der Waals surface area (Å²) in [7, 11) is -4.81. The predicted molar refractivity (Wildman–Crippen MR) is 21.4 cm³/mol. The zero-order chi connectivity index (χ0) is 5.21. The summed E-state index contributed by atoms with van der Waals surface area (Å²) in [5.41, 5.74) is 0. The molecule has 4 nitrogen and oxygen atoms in total. The first-order chi connectivity index (χ1) is 2.56. The summed E-state index contributed by atoms with van der Waals surface area (Å²) in [5, 5.41) is 0. The van der Waals surface area contributed by atoms with E-state index in [1.54, 1.807) is 0 Å². The fourth-order valence-electron chi connectivity index (χ4n) is 0. The molecule has 48 valence electrons. The first kappa shape index (κ1) is 16.9. The van der Waals surface area contributed by atoms with Gasteiger partial charge in [-0.2, -0.15) is 0 Å². The molecule has 8 heavy (non-hydrogen) atoms. The second-order valence-electron chi connectivity index (χ2n) is 0.560. The topological polar surface area (TPSA) is 66.8 Å². The Morgan fingerprint density at radius 2 is 1.62 bits per heavy atom. The van der Waals surface area contributed by atoms with Gasteiger partial charge in [0.15, 0.2) is 0 Å². The fourth-order valence-corrected chi connectivity index (χ4v) is 0. The minimum Gasteiger partial charge on any atom is 0 e. The van der Waals surface area contributed by atoms with Crippen LogP contribution < -0.4 is 0 Å². The molecule has 0 aliphatic rings. The van der Waals surface area contributed by atoms with Crippen molar-refractivity contribution in [1.29, 1.82) is 0 Å². The minimum absolute atomic E-state index is 0. The molecule has 0 amide bonds. The molecule has 0 aromatic carbocycles. The van der Waals surface area contributed by atoms with Crippen molar-refractivity contribution in [2.75, 3.05) is 0 Å². The van der Waals surface area contributed by atoms with Crippen molar-refractivity contribution in [3.8, 4) is 0 Å². The van der Waals surface area contributed by atoms with Crippen LogP contribution >= 0.6 is 7.82 Å². The van der Waals surface area contributed by atoms with E-state index in [-0.39, 0.29) is 86.0 Å². The molecule has 0 saturated heterocycles. The van der Waals surface area contributed by atoms with Crippen LogP contribution in [0.15, 0.2) is 0 Å². The Bertz CT molecular complexity index is 80.1. The van der Waals surface area contributed by atoms with Crippen LogP contribution in [0.1, 0.15) is 0 Å². The molecule has 0 rings (SSSR count). The molecule has 0 saturated carbocycles. The second kappa shape index (κ2) is 7.72. The van der Waals surface area contributed by atoms with Crippen molar-refractivity contribution in [2.45, 2.75) is 0 Å². The Morgan fingerprint density at radius 3 is 1.62 bits per heavy atom. The van der Waals surface area contributed by atoms with Crippen molar-refractivity contribution in [3.63, 3.8) is 0 Å². The van der Waals surface area contributed by atoms with Gasteiger partial charge in [-0.1, -0.05) is 4.73 Å². The number of halogens is 1. The molecule has 0 radical (unpaired) electrons. The molecule has 0 aromatic heterocycles.